The molecule has 8 rings (SSSR count). The summed E-state index contributed by atoms with van der Waals surface area (Å²) >= 11 is 15.4. The molecular formula is C47H57F12N9O20S3. The number of alkyl halides is 12. The zero-order valence-electron chi connectivity index (χ0n) is 47.8. The van der Waals surface area contributed by atoms with E-state index in [1.165, 1.54) is 10.8 Å². The predicted molar refractivity (Wildman–Crippen MR) is 281 cm³/mol. The second-order valence-corrected chi connectivity index (χ2v) is 22.0. The number of rotatable bonds is 12. The standard InChI is InChI=1S/C16H20F3N3O6S.C14H21N3O5S.C13H16F3N3O6S.C4F6O3/c1-15(2)27-9-8(6-23)26-12(10(9)28-15)22-5-7(11(24)20-14(22)29)4-21(3)13(25)16(17,18)19;1-14(2)21-9-8(6-18)20-12(10(9)22-14)17-5-7(4-15-3)11(19)16-13(17)23;1-18(11(24)13(14,15)16)2-5-3-19(12(26)17-9(5)23)10-8(22)7(21)6(4-20)25-10;5-3(6,7)1(11)13-2(12)4(8,9)10/h5,8-10,12,23H,4,6H2,1-3H3,(H,20,24,29);5,8-10,12,15,18H,4,6H2,1-3H3,(H,16,19,23);3,6-8,10,20-22H,2,4H2,1H3,(H,17,23,26);/t2*8-,9?,10+,12-;6-,7?,8+,10-;/m111./s1. The van der Waals surface area contributed by atoms with E-state index in [0.717, 1.165) is 24.9 Å². The maximum Gasteiger partial charge on any atom is 0.491 e. The smallest absolute Gasteiger partial charge is 0.394 e. The molecule has 3 aromatic rings. The molecule has 0 saturated carbocycles. The zero-order chi connectivity index (χ0) is 69.2. The number of carbonyl (C=O) groups is 4. The molecule has 3 unspecified atom stereocenters. The van der Waals surface area contributed by atoms with Crippen molar-refractivity contribution in [3.8, 4) is 0 Å². The lowest BCUT2D eigenvalue weighted by atomic mass is 10.1. The average molecular weight is 1390 g/mol. The number of hydrogen-bond donors (Lipinski definition) is 9. The Labute approximate surface area is 516 Å². The number of aromatic amines is 3. The summed E-state index contributed by atoms with van der Waals surface area (Å²) in [5, 5.41) is 50.9. The van der Waals surface area contributed by atoms with Crippen LogP contribution in [0.1, 0.15) is 63.1 Å². The van der Waals surface area contributed by atoms with Crippen LogP contribution in [0.5, 0.6) is 0 Å². The van der Waals surface area contributed by atoms with Crippen molar-refractivity contribution in [1.29, 1.82) is 0 Å². The van der Waals surface area contributed by atoms with Gasteiger partial charge >= 0.3 is 48.5 Å². The fraction of sp³-hybridized carbons (Fsp3) is 0.660. The van der Waals surface area contributed by atoms with Crippen molar-refractivity contribution in [3.05, 3.63) is 80.7 Å². The number of fused-ring (bicyclic) bond motifs is 2. The van der Waals surface area contributed by atoms with Crippen molar-refractivity contribution in [2.75, 3.05) is 41.0 Å². The molecule has 3 aromatic heterocycles. The lowest BCUT2D eigenvalue weighted by Gasteiger charge is -2.25. The Morgan fingerprint density at radius 2 is 0.846 bits per heavy atom. The van der Waals surface area contributed by atoms with Gasteiger partial charge in [0.05, 0.1) is 44.0 Å². The molecule has 512 valence electrons. The fourth-order valence-electron chi connectivity index (χ4n) is 9.15. The number of halogens is 12. The van der Waals surface area contributed by atoms with Gasteiger partial charge in [0.2, 0.25) is 0 Å². The average Bonchev–Trinajstić information content (AvgIpc) is 1.62. The molecule has 9 N–H and O–H groups in total. The van der Waals surface area contributed by atoms with Gasteiger partial charge in [-0.25, -0.2) is 9.59 Å². The number of aliphatic hydroxyl groups is 5. The number of aromatic nitrogens is 6. The highest BCUT2D eigenvalue weighted by atomic mass is 32.1. The Morgan fingerprint density at radius 1 is 0.538 bits per heavy atom. The van der Waals surface area contributed by atoms with Crippen molar-refractivity contribution < 1.29 is 135 Å². The Hall–Kier alpha value is -5.98. The molecule has 2 amide bonds. The van der Waals surface area contributed by atoms with Crippen LogP contribution < -0.4 is 22.0 Å². The quantitative estimate of drug-likeness (QED) is 0.0530. The SMILES string of the molecule is CN(Cc1cn([C@@H]2O[C@H](CO)C(O)[C@@H]2O)c(=S)[nH]c1=O)C(=O)C(F)(F)F.CN(Cc1cn([C@@H]2O[C@H](CO)C3OC(C)(C)O[C@@H]32)c(=S)[nH]c1=O)C(=O)C(F)(F)F.CNCc1cn([C@@H]2O[C@H](CO)C3OC(C)(C)O[C@@H]32)c(=S)[nH]c1=O.O=C(OC(=O)C(F)(F)F)C(F)(F)F. The first-order chi connectivity index (χ1) is 41.7. The number of aliphatic hydroxyl groups excluding tert-OH is 5. The summed E-state index contributed by atoms with van der Waals surface area (Å²) in [4.78, 5) is 85.8. The summed E-state index contributed by atoms with van der Waals surface area (Å²) in [6.45, 7) is 4.98. The highest BCUT2D eigenvalue weighted by Gasteiger charge is 2.58. The Bertz CT molecular complexity index is 3480. The molecule has 5 aliphatic rings. The summed E-state index contributed by atoms with van der Waals surface area (Å²) in [6.07, 6.45) is -27.6. The molecular weight excluding hydrogens is 1330 g/mol. The molecule has 5 aliphatic heterocycles. The Morgan fingerprint density at radius 3 is 1.15 bits per heavy atom. The molecule has 91 heavy (non-hydrogen) atoms. The lowest BCUT2D eigenvalue weighted by Crippen LogP contribution is -2.39. The third kappa shape index (κ3) is 18.5. The fourth-order valence-corrected chi connectivity index (χ4v) is 9.90. The predicted octanol–water partition coefficient (Wildman–Crippen LogP) is 1.09. The zero-order valence-corrected chi connectivity index (χ0v) is 50.2. The van der Waals surface area contributed by atoms with E-state index in [1.54, 1.807) is 31.7 Å². The largest absolute Gasteiger partial charge is 0.491 e. The first kappa shape index (κ1) is 75.7. The minimum atomic E-state index is -5.62. The van der Waals surface area contributed by atoms with Crippen molar-refractivity contribution >= 4 is 60.4 Å². The molecule has 12 atom stereocenters. The summed E-state index contributed by atoms with van der Waals surface area (Å²) in [5.74, 6) is -12.3. The van der Waals surface area contributed by atoms with E-state index >= 15 is 0 Å². The summed E-state index contributed by atoms with van der Waals surface area (Å²) in [5.41, 5.74) is -1.64. The minimum absolute atomic E-state index is 0.0563. The van der Waals surface area contributed by atoms with Crippen LogP contribution in [0.3, 0.4) is 0 Å². The first-order valence-electron chi connectivity index (χ1n) is 25.8. The number of nitrogens with one attached hydrogen (secondary N) is 4. The minimum Gasteiger partial charge on any atom is -0.394 e. The number of nitrogens with zero attached hydrogens (tertiary/aromatic N) is 5. The summed E-state index contributed by atoms with van der Waals surface area (Å²) < 4.78 is 189. The topological polar surface area (TPSA) is 375 Å². The number of H-pyrrole nitrogens is 3. The van der Waals surface area contributed by atoms with E-state index < -0.39 is 158 Å². The van der Waals surface area contributed by atoms with Crippen LogP contribution in [0.15, 0.2) is 33.0 Å². The van der Waals surface area contributed by atoms with E-state index in [-0.39, 0.29) is 50.3 Å². The van der Waals surface area contributed by atoms with Crippen LogP contribution in [0.4, 0.5) is 52.7 Å². The maximum absolute atomic E-state index is 12.6. The highest BCUT2D eigenvalue weighted by molar-refractivity contribution is 7.71. The lowest BCUT2D eigenvalue weighted by molar-refractivity contribution is -0.221. The molecule has 29 nitrogen and oxygen atoms in total. The van der Waals surface area contributed by atoms with Crippen LogP contribution in [0, 0.1) is 14.3 Å². The van der Waals surface area contributed by atoms with Gasteiger partial charge in [0.25, 0.3) is 16.7 Å². The maximum atomic E-state index is 12.6. The second kappa shape index (κ2) is 29.1. The molecule has 0 spiro atoms. The molecule has 0 bridgehead atoms. The molecule has 0 aromatic carbocycles. The molecule has 0 aliphatic carbocycles. The Balaban J connectivity index is 0.000000228. The van der Waals surface area contributed by atoms with E-state index in [2.05, 4.69) is 25.0 Å². The van der Waals surface area contributed by atoms with Crippen LogP contribution in [0.25, 0.3) is 0 Å². The number of esters is 2. The van der Waals surface area contributed by atoms with E-state index in [0.29, 0.717) is 21.9 Å². The number of carbonyl (C=O) groups excluding carboxylic acids is 4. The van der Waals surface area contributed by atoms with Gasteiger partial charge in [0.1, 0.15) is 54.9 Å². The summed E-state index contributed by atoms with van der Waals surface area (Å²) in [7, 11) is 3.56. The van der Waals surface area contributed by atoms with Gasteiger partial charge in [0.15, 0.2) is 44.6 Å². The number of ether oxygens (including phenoxy) is 8. The van der Waals surface area contributed by atoms with Crippen LogP contribution in [0.2, 0.25) is 0 Å². The molecule has 8 heterocycles. The van der Waals surface area contributed by atoms with Gasteiger partial charge in [-0.3, -0.25) is 52.6 Å². The normalized spacial score (nSPS) is 26.4. The molecule has 5 saturated heterocycles. The summed E-state index contributed by atoms with van der Waals surface area (Å²) in [6, 6.07) is 0. The van der Waals surface area contributed by atoms with Crippen molar-refractivity contribution in [1.82, 2.24) is 43.8 Å². The van der Waals surface area contributed by atoms with E-state index in [4.69, 9.17) is 74.9 Å². The van der Waals surface area contributed by atoms with Crippen molar-refractivity contribution in [2.45, 2.75) is 157 Å². The first-order valence-corrected chi connectivity index (χ1v) is 27.0. The third-order valence-electron chi connectivity index (χ3n) is 13.1. The van der Waals surface area contributed by atoms with Crippen LogP contribution >= 0.6 is 36.7 Å². The number of hydrogen-bond acceptors (Lipinski definition) is 24. The van der Waals surface area contributed by atoms with Gasteiger partial charge in [-0.1, -0.05) is 0 Å². The van der Waals surface area contributed by atoms with Crippen LogP contribution in [-0.2, 0) is 76.7 Å². The van der Waals surface area contributed by atoms with E-state index in [1.807, 2.05) is 13.8 Å². The van der Waals surface area contributed by atoms with Gasteiger partial charge in [0, 0.05) is 44.8 Å². The van der Waals surface area contributed by atoms with Crippen LogP contribution in [-0.4, -0.2) is 220 Å². The van der Waals surface area contributed by atoms with Crippen molar-refractivity contribution in [2.24, 2.45) is 0 Å². The molecule has 44 heteroatoms. The molecule has 0 radical (unpaired) electrons. The van der Waals surface area contributed by atoms with Gasteiger partial charge in [-0.2, -0.15) is 52.7 Å². The Kier molecular flexibility index (Phi) is 24.2. The third-order valence-corrected chi connectivity index (χ3v) is 14.0. The highest BCUT2D eigenvalue weighted by Crippen LogP contribution is 2.44. The monoisotopic (exact) mass is 1390 g/mol. The second-order valence-electron chi connectivity index (χ2n) is 20.8. The van der Waals surface area contributed by atoms with Gasteiger partial charge in [-0.15, -0.1) is 0 Å². The van der Waals surface area contributed by atoms with Gasteiger partial charge < -0.3 is 78.5 Å². The molecule has 5 fully saturated rings. The van der Waals surface area contributed by atoms with E-state index in [9.17, 15) is 107 Å². The number of amides is 2. The van der Waals surface area contributed by atoms with Gasteiger partial charge in [-0.05, 0) is 71.4 Å². The van der Waals surface area contributed by atoms with Crippen molar-refractivity contribution in [3.63, 3.8) is 0 Å².